The van der Waals surface area contributed by atoms with Gasteiger partial charge in [-0.25, -0.2) is 0 Å². The number of nitrogens with two attached hydrogens (primary N) is 1. The van der Waals surface area contributed by atoms with E-state index in [0.717, 1.165) is 0 Å². The molecule has 0 aromatic heterocycles. The maximum Gasteiger partial charge on any atom is 0.453 e. The predicted octanol–water partition coefficient (Wildman–Crippen LogP) is -4.28. The second-order valence-electron chi connectivity index (χ2n) is 4.10. The minimum atomic E-state index is -5.16. The molecule has 19 heteroatoms. The highest BCUT2D eigenvalue weighted by atomic mass is 32.3. The Hall–Kier alpha value is -0.550. The topological polar surface area (TPSA) is 223 Å². The summed E-state index contributed by atoms with van der Waals surface area (Å²) >= 11 is 0. The first-order chi connectivity index (χ1) is 10.3. The van der Waals surface area contributed by atoms with Crippen LogP contribution in [-0.4, -0.2) is 54.5 Å². The van der Waals surface area contributed by atoms with Gasteiger partial charge in [0, 0.05) is 0 Å². The van der Waals surface area contributed by atoms with Gasteiger partial charge in [0.2, 0.25) is 5.54 Å². The number of aliphatic hydroxyl groups excluding tert-OH is 1. The Labute approximate surface area is 127 Å². The standard InChI is InChI=1S/C4H5NO15S3/c5-2(1-6)3(15-21(7,8)16-3)13-19-23(11,12)20-14-4(2)17-22(9,10)18-4/h6H,1,5H2. The van der Waals surface area contributed by atoms with Gasteiger partial charge < -0.3 is 10.8 Å². The molecule has 2 spiro atoms. The molecule has 0 radical (unpaired) electrons. The van der Waals surface area contributed by atoms with Crippen molar-refractivity contribution in [3.63, 3.8) is 0 Å². The van der Waals surface area contributed by atoms with Crippen LogP contribution in [0.15, 0.2) is 0 Å². The van der Waals surface area contributed by atoms with Gasteiger partial charge in [0.15, 0.2) is 0 Å². The zero-order chi connectivity index (χ0) is 17.4. The van der Waals surface area contributed by atoms with Crippen molar-refractivity contribution in [1.29, 1.82) is 0 Å². The number of hydrogen-bond donors (Lipinski definition) is 2. The lowest BCUT2D eigenvalue weighted by atomic mass is 9.95. The summed E-state index contributed by atoms with van der Waals surface area (Å²) in [5, 5.41) is 9.38. The van der Waals surface area contributed by atoms with E-state index in [9.17, 15) is 30.4 Å². The van der Waals surface area contributed by atoms with Crippen LogP contribution in [0.5, 0.6) is 0 Å². The molecule has 23 heavy (non-hydrogen) atoms. The van der Waals surface area contributed by atoms with Crippen LogP contribution in [0.3, 0.4) is 0 Å². The van der Waals surface area contributed by atoms with Gasteiger partial charge >= 0.3 is 43.1 Å². The number of rotatable bonds is 1. The van der Waals surface area contributed by atoms with Crippen molar-refractivity contribution < 1.29 is 65.5 Å². The van der Waals surface area contributed by atoms with Crippen molar-refractivity contribution in [3.8, 4) is 0 Å². The maximum atomic E-state index is 11.2. The largest absolute Gasteiger partial charge is 0.453 e. The van der Waals surface area contributed by atoms with Crippen molar-refractivity contribution in [2.24, 2.45) is 5.73 Å². The van der Waals surface area contributed by atoms with E-state index >= 15 is 0 Å². The third kappa shape index (κ3) is 2.38. The molecule has 0 aromatic carbocycles. The van der Waals surface area contributed by atoms with E-state index in [-0.39, 0.29) is 0 Å². The quantitative estimate of drug-likeness (QED) is 0.395. The minimum absolute atomic E-state index is 1.47. The molecule has 3 fully saturated rings. The van der Waals surface area contributed by atoms with Crippen molar-refractivity contribution in [2.75, 3.05) is 6.61 Å². The summed E-state index contributed by atoms with van der Waals surface area (Å²) in [7, 11) is -14.7. The fraction of sp³-hybridized carbons (Fsp3) is 1.00. The van der Waals surface area contributed by atoms with Crippen LogP contribution in [-0.2, 0) is 66.4 Å². The van der Waals surface area contributed by atoms with Crippen LogP contribution in [0.1, 0.15) is 0 Å². The predicted molar refractivity (Wildman–Crippen MR) is 54.9 cm³/mol. The molecule has 0 unspecified atom stereocenters. The molecule has 3 saturated heterocycles. The van der Waals surface area contributed by atoms with Crippen LogP contribution < -0.4 is 5.73 Å². The Bertz CT molecular complexity index is 753. The molecule has 3 heterocycles. The third-order valence-electron chi connectivity index (χ3n) is 2.64. The van der Waals surface area contributed by atoms with Crippen molar-refractivity contribution in [2.45, 2.75) is 17.5 Å². The normalized spacial score (nSPS) is 38.9. The van der Waals surface area contributed by atoms with E-state index in [1.165, 1.54) is 0 Å². The van der Waals surface area contributed by atoms with Crippen LogP contribution in [0.2, 0.25) is 0 Å². The van der Waals surface area contributed by atoms with Gasteiger partial charge in [0.1, 0.15) is 0 Å². The summed E-state index contributed by atoms with van der Waals surface area (Å²) < 4.78 is 90.5. The smallest absolute Gasteiger partial charge is 0.394 e. The highest BCUT2D eigenvalue weighted by molar-refractivity contribution is 7.83. The lowest BCUT2D eigenvalue weighted by Crippen LogP contribution is -2.86. The molecule has 0 bridgehead atoms. The molecule has 0 aliphatic carbocycles. The summed E-state index contributed by atoms with van der Waals surface area (Å²) in [6.07, 6.45) is 0. The average molecular weight is 403 g/mol. The van der Waals surface area contributed by atoms with Crippen LogP contribution in [0, 0.1) is 0 Å². The minimum Gasteiger partial charge on any atom is -0.394 e. The molecule has 134 valence electrons. The summed E-state index contributed by atoms with van der Waals surface area (Å²) in [6, 6.07) is 0. The molecular weight excluding hydrogens is 398 g/mol. The Kier molecular flexibility index (Phi) is 3.41. The maximum absolute atomic E-state index is 11.2. The molecule has 0 amide bonds. The molecule has 3 rings (SSSR count). The summed E-state index contributed by atoms with van der Waals surface area (Å²) in [4.78, 5) is 8.21. The first-order valence-electron chi connectivity index (χ1n) is 5.02. The van der Waals surface area contributed by atoms with Crippen LogP contribution >= 0.6 is 0 Å². The lowest BCUT2D eigenvalue weighted by molar-refractivity contribution is -0.570. The van der Waals surface area contributed by atoms with Gasteiger partial charge in [0.05, 0.1) is 6.61 Å². The third-order valence-corrected chi connectivity index (χ3v) is 4.81. The van der Waals surface area contributed by atoms with Crippen molar-refractivity contribution >= 4 is 31.2 Å². The van der Waals surface area contributed by atoms with E-state index in [2.05, 4.69) is 35.2 Å². The first kappa shape index (κ1) is 17.3. The molecule has 0 aromatic rings. The van der Waals surface area contributed by atoms with Gasteiger partial charge in [-0.2, -0.15) is 42.0 Å². The fourth-order valence-corrected chi connectivity index (χ4v) is 3.79. The van der Waals surface area contributed by atoms with Gasteiger partial charge in [-0.3, -0.25) is 0 Å². The van der Waals surface area contributed by atoms with E-state index in [0.29, 0.717) is 0 Å². The van der Waals surface area contributed by atoms with Gasteiger partial charge in [-0.15, -0.1) is 9.78 Å². The zero-order valence-electron chi connectivity index (χ0n) is 10.2. The van der Waals surface area contributed by atoms with Crippen LogP contribution in [0.4, 0.5) is 0 Å². The molecule has 3 aliphatic rings. The van der Waals surface area contributed by atoms with Crippen molar-refractivity contribution in [1.82, 2.24) is 0 Å². The van der Waals surface area contributed by atoms with Gasteiger partial charge in [-0.05, 0) is 0 Å². The number of hydrogen-bond acceptors (Lipinski definition) is 16. The summed E-state index contributed by atoms with van der Waals surface area (Å²) in [5.74, 6) is -6.51. The van der Waals surface area contributed by atoms with E-state index < -0.39 is 55.3 Å². The monoisotopic (exact) mass is 403 g/mol. The average Bonchev–Trinajstić information content (AvgIpc) is 2.35. The molecule has 3 aliphatic heterocycles. The Morgan fingerprint density at radius 2 is 1.09 bits per heavy atom. The molecule has 0 saturated carbocycles. The molecule has 0 atom stereocenters. The Balaban J connectivity index is 2.11. The zero-order valence-corrected chi connectivity index (χ0v) is 12.6. The number of aliphatic hydroxyl groups is 1. The Morgan fingerprint density at radius 1 is 0.739 bits per heavy atom. The fourth-order valence-electron chi connectivity index (χ4n) is 1.62. The highest BCUT2D eigenvalue weighted by Gasteiger charge is 2.84. The van der Waals surface area contributed by atoms with E-state index in [4.69, 9.17) is 5.73 Å². The lowest BCUT2D eigenvalue weighted by Gasteiger charge is -2.54. The molecule has 16 nitrogen and oxygen atoms in total. The first-order valence-corrected chi connectivity index (χ1v) is 9.02. The second kappa shape index (κ2) is 4.54. The summed E-state index contributed by atoms with van der Waals surface area (Å²) in [6.45, 7) is -1.47. The molecule has 3 N–H and O–H groups in total. The summed E-state index contributed by atoms with van der Waals surface area (Å²) in [5.41, 5.74) is 2.56. The van der Waals surface area contributed by atoms with E-state index in [1.54, 1.807) is 0 Å². The highest BCUT2D eigenvalue weighted by Crippen LogP contribution is 2.52. The molecular formula is C4H5NO15S3. The Morgan fingerprint density at radius 3 is 1.35 bits per heavy atom. The van der Waals surface area contributed by atoms with Crippen LogP contribution in [0.25, 0.3) is 0 Å². The second-order valence-corrected chi connectivity index (χ2v) is 7.49. The van der Waals surface area contributed by atoms with Crippen molar-refractivity contribution in [3.05, 3.63) is 0 Å². The van der Waals surface area contributed by atoms with E-state index in [1.807, 2.05) is 0 Å². The SMILES string of the molecule is NC1(CO)C2(OOS(=O)(=O)OOC13OS(=O)(=O)O3)OS(=O)(=O)O2. The van der Waals surface area contributed by atoms with Gasteiger partial charge in [-0.1, -0.05) is 8.67 Å². The van der Waals surface area contributed by atoms with Gasteiger partial charge in [0.25, 0.3) is 0 Å².